The predicted molar refractivity (Wildman–Crippen MR) is 74.6 cm³/mol. The van der Waals surface area contributed by atoms with E-state index in [1.54, 1.807) is 0 Å². The van der Waals surface area contributed by atoms with Gasteiger partial charge in [-0.1, -0.05) is 24.5 Å². The minimum atomic E-state index is 0.0353. The quantitative estimate of drug-likeness (QED) is 0.900. The molecule has 0 amide bonds. The smallest absolute Gasteiger partial charge is 0.0770 e. The van der Waals surface area contributed by atoms with Crippen LogP contribution in [-0.2, 0) is 7.05 Å². The van der Waals surface area contributed by atoms with Crippen molar-refractivity contribution in [1.82, 2.24) is 19.9 Å². The molecule has 1 saturated carbocycles. The average Bonchev–Trinajstić information content (AvgIpc) is 3.08. The molecule has 2 N–H and O–H groups in total. The monoisotopic (exact) mass is 263 g/mol. The Kier molecular flexibility index (Phi) is 3.58. The first kappa shape index (κ1) is 13.1. The molecule has 0 bridgehead atoms. The highest BCUT2D eigenvalue weighted by Crippen LogP contribution is 2.44. The molecule has 5 nitrogen and oxygen atoms in total. The molecule has 0 radical (unpaired) electrons. The molecule has 1 saturated heterocycles. The highest BCUT2D eigenvalue weighted by Gasteiger charge is 2.46. The number of likely N-dealkylation sites (tertiary alicyclic amines) is 1. The fourth-order valence-electron chi connectivity index (χ4n) is 4.00. The molecule has 5 heteroatoms. The lowest BCUT2D eigenvalue weighted by Crippen LogP contribution is -2.55. The highest BCUT2D eigenvalue weighted by atomic mass is 15.4. The van der Waals surface area contributed by atoms with Gasteiger partial charge in [-0.2, -0.15) is 0 Å². The second-order valence-corrected chi connectivity index (χ2v) is 6.12. The molecule has 2 heterocycles. The molecule has 0 aromatic carbocycles. The molecule has 1 aliphatic heterocycles. The van der Waals surface area contributed by atoms with Crippen LogP contribution in [0.2, 0.25) is 0 Å². The lowest BCUT2D eigenvalue weighted by molar-refractivity contribution is 0.0456. The molecule has 2 fully saturated rings. The van der Waals surface area contributed by atoms with Gasteiger partial charge in [0.15, 0.2) is 0 Å². The summed E-state index contributed by atoms with van der Waals surface area (Å²) in [6, 6.07) is 0.0353. The number of aromatic nitrogens is 3. The van der Waals surface area contributed by atoms with Crippen molar-refractivity contribution in [3.8, 4) is 0 Å². The summed E-state index contributed by atoms with van der Waals surface area (Å²) in [5.41, 5.74) is 7.89. The largest absolute Gasteiger partial charge is 0.321 e. The summed E-state index contributed by atoms with van der Waals surface area (Å²) < 4.78 is 1.84. The summed E-state index contributed by atoms with van der Waals surface area (Å²) in [4.78, 5) is 2.67. The standard InChI is InChI=1S/C14H25N5/c1-18-12(11-16-17-18)13(15)14(7-3-4-8-14)19-9-5-2-6-10-19/h11,13H,2-10,15H2,1H3. The molecule has 1 atom stereocenters. The molecular weight excluding hydrogens is 238 g/mol. The number of nitrogens with two attached hydrogens (primary N) is 1. The van der Waals surface area contributed by atoms with Crippen LogP contribution in [0.4, 0.5) is 0 Å². The number of hydrogen-bond acceptors (Lipinski definition) is 4. The zero-order valence-electron chi connectivity index (χ0n) is 11.9. The van der Waals surface area contributed by atoms with Gasteiger partial charge in [0.05, 0.1) is 17.9 Å². The van der Waals surface area contributed by atoms with Crippen molar-refractivity contribution < 1.29 is 0 Å². The van der Waals surface area contributed by atoms with Gasteiger partial charge in [-0.15, -0.1) is 5.10 Å². The Morgan fingerprint density at radius 2 is 1.84 bits per heavy atom. The Hall–Kier alpha value is -0.940. The number of aryl methyl sites for hydroxylation is 1. The second-order valence-electron chi connectivity index (χ2n) is 6.12. The third-order valence-corrected chi connectivity index (χ3v) is 5.10. The Bertz CT molecular complexity index is 415. The maximum Gasteiger partial charge on any atom is 0.0770 e. The molecule has 3 rings (SSSR count). The third-order valence-electron chi connectivity index (χ3n) is 5.10. The van der Waals surface area contributed by atoms with Crippen molar-refractivity contribution >= 4 is 0 Å². The summed E-state index contributed by atoms with van der Waals surface area (Å²) >= 11 is 0. The molecule has 1 unspecified atom stereocenters. The third kappa shape index (κ3) is 2.19. The van der Waals surface area contributed by atoms with Crippen LogP contribution in [0.15, 0.2) is 6.20 Å². The molecule has 1 aliphatic carbocycles. The van der Waals surface area contributed by atoms with E-state index in [4.69, 9.17) is 5.73 Å². The zero-order chi connectivity index (χ0) is 13.3. The van der Waals surface area contributed by atoms with Gasteiger partial charge >= 0.3 is 0 Å². The highest BCUT2D eigenvalue weighted by molar-refractivity contribution is 5.14. The molecular formula is C14H25N5. The van der Waals surface area contributed by atoms with Crippen molar-refractivity contribution in [3.63, 3.8) is 0 Å². The summed E-state index contributed by atoms with van der Waals surface area (Å²) in [6.07, 6.45) is 10.9. The van der Waals surface area contributed by atoms with E-state index in [1.807, 2.05) is 17.9 Å². The average molecular weight is 263 g/mol. The van der Waals surface area contributed by atoms with Gasteiger partial charge in [0.25, 0.3) is 0 Å². The van der Waals surface area contributed by atoms with Crippen molar-refractivity contribution in [1.29, 1.82) is 0 Å². The Balaban J connectivity index is 1.89. The first-order chi connectivity index (χ1) is 9.24. The number of piperidine rings is 1. The van der Waals surface area contributed by atoms with Crippen LogP contribution in [-0.4, -0.2) is 38.5 Å². The Morgan fingerprint density at radius 1 is 1.16 bits per heavy atom. The second kappa shape index (κ2) is 5.21. The Labute approximate surface area is 115 Å². The Morgan fingerprint density at radius 3 is 2.42 bits per heavy atom. The number of hydrogen-bond donors (Lipinski definition) is 1. The number of nitrogens with zero attached hydrogens (tertiary/aromatic N) is 4. The maximum atomic E-state index is 6.67. The topological polar surface area (TPSA) is 60.0 Å². The SMILES string of the molecule is Cn1nncc1C(N)C1(N2CCCCC2)CCCC1. The number of rotatable bonds is 3. The van der Waals surface area contributed by atoms with E-state index in [2.05, 4.69) is 15.2 Å². The van der Waals surface area contributed by atoms with Crippen LogP contribution < -0.4 is 5.73 Å². The van der Waals surface area contributed by atoms with Gasteiger partial charge in [-0.25, -0.2) is 0 Å². The lowest BCUT2D eigenvalue weighted by atomic mass is 9.83. The first-order valence-corrected chi connectivity index (χ1v) is 7.59. The normalized spacial score (nSPS) is 25.6. The van der Waals surface area contributed by atoms with Gasteiger partial charge in [0.2, 0.25) is 0 Å². The minimum absolute atomic E-state index is 0.0353. The minimum Gasteiger partial charge on any atom is -0.321 e. The van der Waals surface area contributed by atoms with Gasteiger partial charge < -0.3 is 5.73 Å². The van der Waals surface area contributed by atoms with Gasteiger partial charge in [-0.05, 0) is 38.8 Å². The lowest BCUT2D eigenvalue weighted by Gasteiger charge is -2.47. The van der Waals surface area contributed by atoms with E-state index in [-0.39, 0.29) is 11.6 Å². The van der Waals surface area contributed by atoms with E-state index in [9.17, 15) is 0 Å². The van der Waals surface area contributed by atoms with Gasteiger partial charge in [0, 0.05) is 12.6 Å². The van der Waals surface area contributed by atoms with E-state index >= 15 is 0 Å². The van der Waals surface area contributed by atoms with Crippen LogP contribution in [0.1, 0.15) is 56.7 Å². The molecule has 106 valence electrons. The molecule has 1 aromatic rings. The van der Waals surface area contributed by atoms with Crippen molar-refractivity contribution in [3.05, 3.63) is 11.9 Å². The summed E-state index contributed by atoms with van der Waals surface area (Å²) in [5, 5.41) is 8.06. The summed E-state index contributed by atoms with van der Waals surface area (Å²) in [7, 11) is 1.95. The fourth-order valence-corrected chi connectivity index (χ4v) is 4.00. The summed E-state index contributed by atoms with van der Waals surface area (Å²) in [6.45, 7) is 2.41. The van der Waals surface area contributed by atoms with E-state index in [0.717, 1.165) is 5.69 Å². The fraction of sp³-hybridized carbons (Fsp3) is 0.857. The molecule has 1 aromatic heterocycles. The van der Waals surface area contributed by atoms with Gasteiger partial charge in [-0.3, -0.25) is 9.58 Å². The van der Waals surface area contributed by atoms with Crippen LogP contribution in [0.25, 0.3) is 0 Å². The van der Waals surface area contributed by atoms with Crippen molar-refractivity contribution in [2.45, 2.75) is 56.5 Å². The van der Waals surface area contributed by atoms with Crippen LogP contribution >= 0.6 is 0 Å². The van der Waals surface area contributed by atoms with Crippen molar-refractivity contribution in [2.24, 2.45) is 12.8 Å². The predicted octanol–water partition coefficient (Wildman–Crippen LogP) is 1.61. The molecule has 19 heavy (non-hydrogen) atoms. The van der Waals surface area contributed by atoms with Crippen molar-refractivity contribution in [2.75, 3.05) is 13.1 Å². The van der Waals surface area contributed by atoms with Crippen LogP contribution in [0.3, 0.4) is 0 Å². The van der Waals surface area contributed by atoms with E-state index in [0.29, 0.717) is 0 Å². The van der Waals surface area contributed by atoms with Crippen LogP contribution in [0, 0.1) is 0 Å². The van der Waals surface area contributed by atoms with E-state index in [1.165, 1.54) is 58.0 Å². The van der Waals surface area contributed by atoms with E-state index < -0.39 is 0 Å². The molecule has 0 spiro atoms. The van der Waals surface area contributed by atoms with Crippen LogP contribution in [0.5, 0.6) is 0 Å². The molecule has 2 aliphatic rings. The zero-order valence-corrected chi connectivity index (χ0v) is 11.9. The maximum absolute atomic E-state index is 6.67. The summed E-state index contributed by atoms with van der Waals surface area (Å²) in [5.74, 6) is 0. The first-order valence-electron chi connectivity index (χ1n) is 7.59. The van der Waals surface area contributed by atoms with Gasteiger partial charge in [0.1, 0.15) is 0 Å².